The van der Waals surface area contributed by atoms with Crippen LogP contribution in [-0.2, 0) is 9.59 Å². The number of likely N-dealkylation sites (tertiary alicyclic amines) is 1. The second-order valence-corrected chi connectivity index (χ2v) is 7.88. The highest BCUT2D eigenvalue weighted by atomic mass is 16.3. The van der Waals surface area contributed by atoms with Crippen LogP contribution in [0, 0.1) is 5.92 Å². The third-order valence-electron chi connectivity index (χ3n) is 5.77. The summed E-state index contributed by atoms with van der Waals surface area (Å²) < 4.78 is 0. The van der Waals surface area contributed by atoms with Crippen molar-refractivity contribution in [2.45, 2.75) is 63.4 Å². The molecule has 144 valence electrons. The second kappa shape index (κ2) is 9.53. The van der Waals surface area contributed by atoms with E-state index in [1.165, 1.54) is 32.1 Å². The van der Waals surface area contributed by atoms with Gasteiger partial charge in [0, 0.05) is 39.6 Å². The van der Waals surface area contributed by atoms with E-state index in [2.05, 4.69) is 5.32 Å². The number of aliphatic hydroxyl groups is 1. The topological polar surface area (TPSA) is 72.9 Å². The van der Waals surface area contributed by atoms with Crippen molar-refractivity contribution in [2.75, 3.05) is 40.3 Å². The molecule has 1 aliphatic carbocycles. The number of amides is 2. The van der Waals surface area contributed by atoms with Crippen LogP contribution in [0.15, 0.2) is 0 Å². The van der Waals surface area contributed by atoms with Crippen molar-refractivity contribution in [3.05, 3.63) is 0 Å². The summed E-state index contributed by atoms with van der Waals surface area (Å²) in [5, 5.41) is 13.5. The molecule has 1 atom stereocenters. The Morgan fingerprint density at radius 1 is 1.32 bits per heavy atom. The van der Waals surface area contributed by atoms with Crippen LogP contribution in [0.25, 0.3) is 0 Å². The summed E-state index contributed by atoms with van der Waals surface area (Å²) in [5.41, 5.74) is -1.30. The summed E-state index contributed by atoms with van der Waals surface area (Å²) in [7, 11) is 3.47. The van der Waals surface area contributed by atoms with Crippen LogP contribution in [-0.4, -0.2) is 72.6 Å². The Kier molecular flexibility index (Phi) is 7.69. The lowest BCUT2D eigenvalue weighted by Gasteiger charge is -2.40. The molecule has 1 unspecified atom stereocenters. The average molecular weight is 354 g/mol. The number of likely N-dealkylation sites (N-methyl/N-ethyl adjacent to an activating group) is 1. The Morgan fingerprint density at radius 2 is 2.04 bits per heavy atom. The predicted molar refractivity (Wildman–Crippen MR) is 98.1 cm³/mol. The van der Waals surface area contributed by atoms with E-state index in [9.17, 15) is 14.7 Å². The minimum atomic E-state index is -1.30. The van der Waals surface area contributed by atoms with Crippen molar-refractivity contribution >= 4 is 11.8 Å². The van der Waals surface area contributed by atoms with Crippen molar-refractivity contribution in [3.8, 4) is 0 Å². The van der Waals surface area contributed by atoms with E-state index in [-0.39, 0.29) is 11.8 Å². The van der Waals surface area contributed by atoms with Gasteiger partial charge < -0.3 is 20.2 Å². The first kappa shape index (κ1) is 20.2. The molecule has 1 saturated carbocycles. The highest BCUT2D eigenvalue weighted by Gasteiger charge is 2.42. The molecule has 0 aromatic carbocycles. The average Bonchev–Trinajstić information content (AvgIpc) is 2.62. The number of piperidine rings is 1. The van der Waals surface area contributed by atoms with Gasteiger partial charge in [0.15, 0.2) is 5.60 Å². The lowest BCUT2D eigenvalue weighted by atomic mass is 9.86. The molecule has 25 heavy (non-hydrogen) atoms. The number of nitrogens with one attached hydrogen (secondary N) is 1. The zero-order valence-electron chi connectivity index (χ0n) is 15.9. The minimum absolute atomic E-state index is 0.0251. The molecule has 0 radical (unpaired) electrons. The van der Waals surface area contributed by atoms with Crippen LogP contribution in [0.4, 0.5) is 0 Å². The quantitative estimate of drug-likeness (QED) is 0.691. The Hall–Kier alpha value is -1.14. The maximum Gasteiger partial charge on any atom is 0.255 e. The van der Waals surface area contributed by atoms with Crippen LogP contribution in [0.2, 0.25) is 0 Å². The molecule has 6 nitrogen and oxygen atoms in total. The highest BCUT2D eigenvalue weighted by Crippen LogP contribution is 2.28. The zero-order chi connectivity index (χ0) is 18.3. The Balaban J connectivity index is 1.82. The molecular weight excluding hydrogens is 318 g/mol. The lowest BCUT2D eigenvalue weighted by Crippen LogP contribution is -2.58. The van der Waals surface area contributed by atoms with Crippen LogP contribution >= 0.6 is 0 Å². The molecule has 2 aliphatic rings. The van der Waals surface area contributed by atoms with Crippen LogP contribution in [0.3, 0.4) is 0 Å². The smallest absolute Gasteiger partial charge is 0.255 e. The highest BCUT2D eigenvalue weighted by molar-refractivity contribution is 5.86. The normalized spacial score (nSPS) is 25.4. The SMILES string of the molecule is CNC(=O)CCN(C)CC1(O)CCCN(CCC2CCCCC2)C1=O. The summed E-state index contributed by atoms with van der Waals surface area (Å²) in [4.78, 5) is 27.9. The number of nitrogens with zero attached hydrogens (tertiary/aromatic N) is 2. The van der Waals surface area contributed by atoms with Crippen LogP contribution < -0.4 is 5.32 Å². The van der Waals surface area contributed by atoms with Gasteiger partial charge in [0.25, 0.3) is 5.91 Å². The molecule has 0 aromatic rings. The van der Waals surface area contributed by atoms with Crippen molar-refractivity contribution in [1.82, 2.24) is 15.1 Å². The van der Waals surface area contributed by atoms with Crippen molar-refractivity contribution < 1.29 is 14.7 Å². The maximum absolute atomic E-state index is 12.8. The lowest BCUT2D eigenvalue weighted by molar-refractivity contribution is -0.159. The minimum Gasteiger partial charge on any atom is -0.379 e. The summed E-state index contributed by atoms with van der Waals surface area (Å²) in [6.45, 7) is 2.36. The van der Waals surface area contributed by atoms with Gasteiger partial charge in [0.1, 0.15) is 0 Å². The van der Waals surface area contributed by atoms with Gasteiger partial charge in [0.05, 0.1) is 0 Å². The predicted octanol–water partition coefficient (Wildman–Crippen LogP) is 1.38. The largest absolute Gasteiger partial charge is 0.379 e. The van der Waals surface area contributed by atoms with Crippen molar-refractivity contribution in [3.63, 3.8) is 0 Å². The Bertz CT molecular complexity index is 451. The third-order valence-corrected chi connectivity index (χ3v) is 5.77. The molecule has 0 bridgehead atoms. The number of carbonyl (C=O) groups is 2. The van der Waals surface area contributed by atoms with Gasteiger partial charge in [-0.25, -0.2) is 0 Å². The number of hydrogen-bond donors (Lipinski definition) is 2. The van der Waals surface area contributed by atoms with Gasteiger partial charge >= 0.3 is 0 Å². The van der Waals surface area contributed by atoms with Crippen LogP contribution in [0.5, 0.6) is 0 Å². The van der Waals surface area contributed by atoms with Gasteiger partial charge in [-0.3, -0.25) is 9.59 Å². The monoisotopic (exact) mass is 353 g/mol. The second-order valence-electron chi connectivity index (χ2n) is 7.88. The first-order valence-corrected chi connectivity index (χ1v) is 9.85. The fraction of sp³-hybridized carbons (Fsp3) is 0.895. The fourth-order valence-corrected chi connectivity index (χ4v) is 4.18. The number of carbonyl (C=O) groups excluding carboxylic acids is 2. The van der Waals surface area contributed by atoms with Crippen LogP contribution in [0.1, 0.15) is 57.8 Å². The molecule has 2 N–H and O–H groups in total. The van der Waals surface area contributed by atoms with Crippen molar-refractivity contribution in [1.29, 1.82) is 0 Å². The van der Waals surface area contributed by atoms with E-state index in [0.717, 1.165) is 31.8 Å². The molecule has 1 aliphatic heterocycles. The molecule has 2 amide bonds. The van der Waals surface area contributed by atoms with E-state index in [0.29, 0.717) is 25.9 Å². The molecule has 0 aromatic heterocycles. The van der Waals surface area contributed by atoms with E-state index in [4.69, 9.17) is 0 Å². The van der Waals surface area contributed by atoms with E-state index in [1.54, 1.807) is 7.05 Å². The Morgan fingerprint density at radius 3 is 2.72 bits per heavy atom. The van der Waals surface area contributed by atoms with Gasteiger partial charge in [-0.05, 0) is 32.2 Å². The molecule has 1 heterocycles. The number of rotatable bonds is 8. The van der Waals surface area contributed by atoms with Crippen molar-refractivity contribution in [2.24, 2.45) is 5.92 Å². The molecule has 6 heteroatoms. The summed E-state index contributed by atoms with van der Waals surface area (Å²) >= 11 is 0. The third kappa shape index (κ3) is 5.96. The molecule has 2 fully saturated rings. The van der Waals surface area contributed by atoms with E-state index < -0.39 is 5.60 Å². The standard InChI is InChI=1S/C19H35N3O3/c1-20-17(23)10-13-21(2)15-19(25)11-6-12-22(18(19)24)14-9-16-7-4-3-5-8-16/h16,25H,3-15H2,1-2H3,(H,20,23). The van der Waals surface area contributed by atoms with Gasteiger partial charge in [-0.15, -0.1) is 0 Å². The molecule has 1 saturated heterocycles. The number of hydrogen-bond acceptors (Lipinski definition) is 4. The summed E-state index contributed by atoms with van der Waals surface area (Å²) in [5.74, 6) is 0.594. The fourth-order valence-electron chi connectivity index (χ4n) is 4.18. The van der Waals surface area contributed by atoms with E-state index in [1.807, 2.05) is 16.8 Å². The molecule has 0 spiro atoms. The van der Waals surface area contributed by atoms with Gasteiger partial charge in [0.2, 0.25) is 5.91 Å². The summed E-state index contributed by atoms with van der Waals surface area (Å²) in [6.07, 6.45) is 9.35. The molecular formula is C19H35N3O3. The first-order valence-electron chi connectivity index (χ1n) is 9.85. The Labute approximate surface area is 151 Å². The zero-order valence-corrected chi connectivity index (χ0v) is 15.9. The van der Waals surface area contributed by atoms with E-state index >= 15 is 0 Å². The van der Waals surface area contributed by atoms with Gasteiger partial charge in [-0.2, -0.15) is 0 Å². The summed E-state index contributed by atoms with van der Waals surface area (Å²) in [6, 6.07) is 0. The first-order chi connectivity index (χ1) is 11.9. The molecule has 2 rings (SSSR count). The maximum atomic E-state index is 12.8. The van der Waals surface area contributed by atoms with Gasteiger partial charge in [-0.1, -0.05) is 32.1 Å².